The molecule has 1 fully saturated rings. The third-order valence-electron chi connectivity index (χ3n) is 5.69. The summed E-state index contributed by atoms with van der Waals surface area (Å²) in [6, 6.07) is 23.2. The molecule has 0 amide bonds. The maximum atomic E-state index is 10.7. The SMILES string of the molecule is CC(=O)c1ccc(Br)cc1.CC(O)(Cn1cncn1)c1ccc(Br)cc1.CC1(c2ccc(Br)cc2)CO1. The van der Waals surface area contributed by atoms with E-state index in [1.807, 2.05) is 48.5 Å². The van der Waals surface area contributed by atoms with Crippen molar-refractivity contribution in [2.24, 2.45) is 0 Å². The van der Waals surface area contributed by atoms with E-state index in [2.05, 4.69) is 76.9 Å². The fraction of sp³-hybridized carbons (Fsp3) is 0.250. The summed E-state index contributed by atoms with van der Waals surface area (Å²) in [5.74, 6) is 0.104. The van der Waals surface area contributed by atoms with Gasteiger partial charge in [-0.15, -0.1) is 0 Å². The van der Waals surface area contributed by atoms with Crippen LogP contribution in [0.25, 0.3) is 0 Å². The van der Waals surface area contributed by atoms with Crippen LogP contribution in [0.15, 0.2) is 98.9 Å². The second-order valence-corrected chi connectivity index (χ2v) is 11.7. The van der Waals surface area contributed by atoms with Crippen molar-refractivity contribution in [3.05, 3.63) is 116 Å². The molecule has 4 aromatic rings. The Morgan fingerprint density at radius 1 is 0.973 bits per heavy atom. The van der Waals surface area contributed by atoms with Gasteiger partial charge in [0.2, 0.25) is 0 Å². The second-order valence-electron chi connectivity index (χ2n) is 8.96. The minimum atomic E-state index is -0.950. The van der Waals surface area contributed by atoms with E-state index in [4.69, 9.17) is 4.74 Å². The predicted octanol–water partition coefficient (Wildman–Crippen LogP) is 7.29. The third-order valence-corrected chi connectivity index (χ3v) is 7.27. The Morgan fingerprint density at radius 3 is 1.89 bits per heavy atom. The molecule has 1 saturated heterocycles. The number of ketones is 1. The number of benzene rings is 3. The first-order chi connectivity index (χ1) is 17.5. The lowest BCUT2D eigenvalue weighted by Crippen LogP contribution is -2.27. The molecule has 2 atom stereocenters. The van der Waals surface area contributed by atoms with Crippen LogP contribution in [0.5, 0.6) is 0 Å². The highest BCUT2D eigenvalue weighted by Gasteiger charge is 2.40. The molecule has 3 aromatic carbocycles. The van der Waals surface area contributed by atoms with Gasteiger partial charge in [0.25, 0.3) is 0 Å². The van der Waals surface area contributed by atoms with Crippen molar-refractivity contribution >= 4 is 53.6 Å². The molecule has 2 unspecified atom stereocenters. The van der Waals surface area contributed by atoms with Gasteiger partial charge in [-0.05, 0) is 68.3 Å². The Hall–Kier alpha value is -2.17. The van der Waals surface area contributed by atoms with Crippen molar-refractivity contribution in [2.45, 2.75) is 38.5 Å². The van der Waals surface area contributed by atoms with E-state index in [-0.39, 0.29) is 11.4 Å². The number of rotatable bonds is 5. The number of nitrogens with zero attached hydrogens (tertiary/aromatic N) is 3. The van der Waals surface area contributed by atoms with Crippen LogP contribution >= 0.6 is 47.8 Å². The second kappa shape index (κ2) is 13.1. The maximum absolute atomic E-state index is 10.7. The molecule has 1 N–H and O–H groups in total. The minimum absolute atomic E-state index is 0.0146. The molecule has 0 radical (unpaired) electrons. The van der Waals surface area contributed by atoms with E-state index in [0.717, 1.165) is 31.2 Å². The molecule has 6 nitrogen and oxygen atoms in total. The zero-order valence-electron chi connectivity index (χ0n) is 20.7. The molecule has 0 bridgehead atoms. The molecule has 37 heavy (non-hydrogen) atoms. The largest absolute Gasteiger partial charge is 0.384 e. The predicted molar refractivity (Wildman–Crippen MR) is 155 cm³/mol. The number of carbonyl (C=O) groups is 1. The van der Waals surface area contributed by atoms with E-state index in [9.17, 15) is 9.90 Å². The highest BCUT2D eigenvalue weighted by atomic mass is 79.9. The Balaban J connectivity index is 0.000000160. The van der Waals surface area contributed by atoms with E-state index < -0.39 is 5.60 Å². The molecule has 0 saturated carbocycles. The van der Waals surface area contributed by atoms with Crippen LogP contribution in [-0.2, 0) is 22.5 Å². The number of Topliss-reactive ketones (excluding diaryl/α,β-unsaturated/α-hetero) is 1. The summed E-state index contributed by atoms with van der Waals surface area (Å²) in [4.78, 5) is 14.6. The standard InChI is InChI=1S/C11H12BrN3O.C9H9BrO.C8H7BrO/c1-11(16,6-15-8-13-7-14-15)9-2-4-10(12)5-3-9;1-9(6-11-9)7-2-4-8(10)5-3-7;1-6(10)7-2-4-8(9)5-3-7/h2-5,7-8,16H,6H2,1H3;2-5H,6H2,1H3;2-5H,1H3. The lowest BCUT2D eigenvalue weighted by molar-refractivity contribution is 0.0345. The van der Waals surface area contributed by atoms with Gasteiger partial charge >= 0.3 is 0 Å². The van der Waals surface area contributed by atoms with E-state index >= 15 is 0 Å². The smallest absolute Gasteiger partial charge is 0.159 e. The maximum Gasteiger partial charge on any atom is 0.159 e. The van der Waals surface area contributed by atoms with Crippen molar-refractivity contribution in [3.8, 4) is 0 Å². The number of aromatic nitrogens is 3. The average Bonchev–Trinajstić information content (AvgIpc) is 3.41. The molecule has 5 rings (SSSR count). The van der Waals surface area contributed by atoms with Gasteiger partial charge in [-0.25, -0.2) is 9.67 Å². The zero-order valence-corrected chi connectivity index (χ0v) is 25.5. The molecule has 9 heteroatoms. The van der Waals surface area contributed by atoms with Gasteiger partial charge in [0, 0.05) is 19.0 Å². The van der Waals surface area contributed by atoms with Crippen molar-refractivity contribution < 1.29 is 14.6 Å². The molecule has 1 aliphatic rings. The summed E-state index contributed by atoms with van der Waals surface area (Å²) in [7, 11) is 0. The fourth-order valence-electron chi connectivity index (χ4n) is 3.29. The molecular weight excluding hydrogens is 666 g/mol. The Bertz CT molecular complexity index is 1270. The van der Waals surface area contributed by atoms with Gasteiger partial charge < -0.3 is 9.84 Å². The lowest BCUT2D eigenvalue weighted by atomic mass is 9.96. The van der Waals surface area contributed by atoms with Gasteiger partial charge in [0.1, 0.15) is 23.9 Å². The van der Waals surface area contributed by atoms with Crippen LogP contribution in [0.1, 0.15) is 42.3 Å². The number of halogens is 3. The monoisotopic (exact) mass is 691 g/mol. The number of epoxide rings is 1. The molecular formula is C28H28Br3N3O3. The molecule has 1 aromatic heterocycles. The van der Waals surface area contributed by atoms with E-state index in [1.165, 1.54) is 11.9 Å². The number of ether oxygens (including phenoxy) is 1. The van der Waals surface area contributed by atoms with Crippen molar-refractivity contribution in [3.63, 3.8) is 0 Å². The first-order valence-electron chi connectivity index (χ1n) is 11.5. The van der Waals surface area contributed by atoms with E-state index in [1.54, 1.807) is 37.0 Å². The topological polar surface area (TPSA) is 80.5 Å². The van der Waals surface area contributed by atoms with Crippen molar-refractivity contribution in [1.29, 1.82) is 0 Å². The molecule has 2 heterocycles. The summed E-state index contributed by atoms with van der Waals surface area (Å²) in [6.07, 6.45) is 3.05. The molecule has 1 aliphatic heterocycles. The normalized spacial score (nSPS) is 17.4. The van der Waals surface area contributed by atoms with Gasteiger partial charge in [-0.3, -0.25) is 4.79 Å². The van der Waals surface area contributed by atoms with Crippen LogP contribution < -0.4 is 0 Å². The number of carbonyl (C=O) groups excluding carboxylic acids is 1. The summed E-state index contributed by atoms with van der Waals surface area (Å²) >= 11 is 10.0. The molecule has 0 aliphatic carbocycles. The molecule has 194 valence electrons. The van der Waals surface area contributed by atoms with Gasteiger partial charge in [0.05, 0.1) is 13.2 Å². The Kier molecular flexibility index (Phi) is 10.4. The van der Waals surface area contributed by atoms with Crippen LogP contribution in [0.4, 0.5) is 0 Å². The highest BCUT2D eigenvalue weighted by Crippen LogP contribution is 2.38. The third kappa shape index (κ3) is 9.26. The van der Waals surface area contributed by atoms with Crippen LogP contribution in [0.2, 0.25) is 0 Å². The number of hydrogen-bond acceptors (Lipinski definition) is 5. The van der Waals surface area contributed by atoms with Crippen molar-refractivity contribution in [2.75, 3.05) is 6.61 Å². The first-order valence-corrected chi connectivity index (χ1v) is 13.8. The summed E-state index contributed by atoms with van der Waals surface area (Å²) in [5.41, 5.74) is 1.94. The van der Waals surface area contributed by atoms with Crippen LogP contribution in [0, 0.1) is 0 Å². The Labute approximate surface area is 242 Å². The fourth-order valence-corrected chi connectivity index (χ4v) is 4.09. The van der Waals surface area contributed by atoms with Gasteiger partial charge in [-0.1, -0.05) is 84.2 Å². The highest BCUT2D eigenvalue weighted by molar-refractivity contribution is 9.11. The lowest BCUT2D eigenvalue weighted by Gasteiger charge is -2.23. The zero-order chi connectivity index (χ0) is 27.1. The molecule has 0 spiro atoms. The van der Waals surface area contributed by atoms with E-state index in [0.29, 0.717) is 6.54 Å². The van der Waals surface area contributed by atoms with Gasteiger partial charge in [-0.2, -0.15) is 5.10 Å². The van der Waals surface area contributed by atoms with Crippen LogP contribution in [0.3, 0.4) is 0 Å². The first kappa shape index (κ1) is 29.4. The average molecular weight is 694 g/mol. The quantitative estimate of drug-likeness (QED) is 0.175. The van der Waals surface area contributed by atoms with Gasteiger partial charge in [0.15, 0.2) is 5.78 Å². The summed E-state index contributed by atoms with van der Waals surface area (Å²) < 4.78 is 10.0. The number of aliphatic hydroxyl groups is 1. The minimum Gasteiger partial charge on any atom is -0.384 e. The van der Waals surface area contributed by atoms with Crippen LogP contribution in [-0.4, -0.2) is 32.3 Å². The summed E-state index contributed by atoms with van der Waals surface area (Å²) in [6.45, 7) is 6.67. The van der Waals surface area contributed by atoms with Crippen molar-refractivity contribution in [1.82, 2.24) is 14.8 Å². The summed E-state index contributed by atoms with van der Waals surface area (Å²) in [5, 5.41) is 14.3. The Morgan fingerprint density at radius 2 is 1.46 bits per heavy atom. The number of hydrogen-bond donors (Lipinski definition) is 1.